The van der Waals surface area contributed by atoms with Crippen molar-refractivity contribution in [2.45, 2.75) is 35.8 Å². The van der Waals surface area contributed by atoms with Crippen LogP contribution in [0.3, 0.4) is 0 Å². The Kier molecular flexibility index (Phi) is 5.93. The van der Waals surface area contributed by atoms with Crippen molar-refractivity contribution in [3.05, 3.63) is 59.1 Å². The molecule has 1 unspecified atom stereocenters. The summed E-state index contributed by atoms with van der Waals surface area (Å²) in [5.41, 5.74) is 2.09. The second-order valence-corrected chi connectivity index (χ2v) is 9.14. The zero-order valence-corrected chi connectivity index (χ0v) is 17.1. The SMILES string of the molecule is O=C1Nc2cc(Cl)ccc2SC1CC(=O)N1CCC(Cc2ccccc2)CC1. The van der Waals surface area contributed by atoms with E-state index in [-0.39, 0.29) is 23.5 Å². The molecule has 2 aliphatic heterocycles. The molecule has 1 fully saturated rings. The van der Waals surface area contributed by atoms with Crippen LogP contribution in [0.25, 0.3) is 0 Å². The van der Waals surface area contributed by atoms with E-state index in [4.69, 9.17) is 11.6 Å². The highest BCUT2D eigenvalue weighted by Gasteiger charge is 2.31. The molecule has 0 aromatic heterocycles. The Balaban J connectivity index is 1.30. The molecule has 2 aromatic carbocycles. The van der Waals surface area contributed by atoms with Gasteiger partial charge in [0.05, 0.1) is 10.9 Å². The van der Waals surface area contributed by atoms with Crippen LogP contribution in [0.1, 0.15) is 24.8 Å². The number of carbonyl (C=O) groups excluding carboxylic acids is 2. The van der Waals surface area contributed by atoms with Crippen LogP contribution in [-0.4, -0.2) is 35.1 Å². The molecule has 4 rings (SSSR count). The highest BCUT2D eigenvalue weighted by atomic mass is 35.5. The molecule has 0 spiro atoms. The molecule has 0 radical (unpaired) electrons. The molecule has 1 N–H and O–H groups in total. The van der Waals surface area contributed by atoms with E-state index in [2.05, 4.69) is 29.6 Å². The van der Waals surface area contributed by atoms with Crippen LogP contribution in [0.4, 0.5) is 5.69 Å². The fourth-order valence-corrected chi connectivity index (χ4v) is 5.13. The van der Waals surface area contributed by atoms with Crippen molar-refractivity contribution in [3.8, 4) is 0 Å². The Labute approximate surface area is 174 Å². The number of nitrogens with zero attached hydrogens (tertiary/aromatic N) is 1. The molecule has 4 nitrogen and oxygen atoms in total. The van der Waals surface area contributed by atoms with Gasteiger partial charge in [-0.2, -0.15) is 0 Å². The van der Waals surface area contributed by atoms with E-state index < -0.39 is 0 Å². The lowest BCUT2D eigenvalue weighted by molar-refractivity contribution is -0.133. The van der Waals surface area contributed by atoms with Gasteiger partial charge in [-0.3, -0.25) is 9.59 Å². The van der Waals surface area contributed by atoms with Crippen LogP contribution in [-0.2, 0) is 16.0 Å². The predicted octanol–water partition coefficient (Wildman–Crippen LogP) is 4.62. The molecule has 6 heteroatoms. The van der Waals surface area contributed by atoms with Crippen molar-refractivity contribution in [2.75, 3.05) is 18.4 Å². The lowest BCUT2D eigenvalue weighted by Crippen LogP contribution is -2.41. The number of piperidine rings is 1. The Bertz CT molecular complexity index is 866. The van der Waals surface area contributed by atoms with E-state index >= 15 is 0 Å². The molecule has 1 saturated heterocycles. The first-order valence-corrected chi connectivity index (χ1v) is 10.9. The fraction of sp³-hybridized carbons (Fsp3) is 0.364. The lowest BCUT2D eigenvalue weighted by Gasteiger charge is -2.33. The Morgan fingerprint density at radius 3 is 2.64 bits per heavy atom. The van der Waals surface area contributed by atoms with Crippen LogP contribution >= 0.6 is 23.4 Å². The van der Waals surface area contributed by atoms with Crippen molar-refractivity contribution in [1.82, 2.24) is 4.90 Å². The minimum Gasteiger partial charge on any atom is -0.343 e. The van der Waals surface area contributed by atoms with E-state index in [0.717, 1.165) is 42.9 Å². The Morgan fingerprint density at radius 2 is 1.89 bits per heavy atom. The third kappa shape index (κ3) is 4.53. The smallest absolute Gasteiger partial charge is 0.238 e. The quantitative estimate of drug-likeness (QED) is 0.793. The highest BCUT2D eigenvalue weighted by molar-refractivity contribution is 8.01. The van der Waals surface area contributed by atoms with Crippen molar-refractivity contribution in [1.29, 1.82) is 0 Å². The molecule has 2 amide bonds. The van der Waals surface area contributed by atoms with Gasteiger partial charge in [0.2, 0.25) is 11.8 Å². The van der Waals surface area contributed by atoms with E-state index in [1.54, 1.807) is 12.1 Å². The van der Waals surface area contributed by atoms with Crippen LogP contribution in [0, 0.1) is 5.92 Å². The first-order chi connectivity index (χ1) is 13.6. The molecule has 0 bridgehead atoms. The van der Waals surface area contributed by atoms with Crippen LogP contribution in [0.2, 0.25) is 5.02 Å². The maximum absolute atomic E-state index is 12.8. The molecule has 2 aliphatic rings. The maximum Gasteiger partial charge on any atom is 0.238 e. The number of rotatable bonds is 4. The minimum atomic E-state index is -0.386. The Morgan fingerprint density at radius 1 is 1.14 bits per heavy atom. The van der Waals surface area contributed by atoms with Crippen LogP contribution in [0.15, 0.2) is 53.4 Å². The summed E-state index contributed by atoms with van der Waals surface area (Å²) in [6, 6.07) is 16.0. The third-order valence-electron chi connectivity index (χ3n) is 5.46. The second-order valence-electron chi connectivity index (χ2n) is 7.45. The number of hydrogen-bond donors (Lipinski definition) is 1. The number of likely N-dealkylation sites (tertiary alicyclic amines) is 1. The average Bonchev–Trinajstić information content (AvgIpc) is 2.70. The predicted molar refractivity (Wildman–Crippen MR) is 114 cm³/mol. The summed E-state index contributed by atoms with van der Waals surface area (Å²) in [4.78, 5) is 28.0. The molecule has 2 aromatic rings. The number of amides is 2. The minimum absolute atomic E-state index is 0.0724. The molecule has 0 saturated carbocycles. The van der Waals surface area contributed by atoms with Gasteiger partial charge >= 0.3 is 0 Å². The molecule has 1 atom stereocenters. The van der Waals surface area contributed by atoms with Crippen molar-refractivity contribution in [3.63, 3.8) is 0 Å². The molecule has 146 valence electrons. The normalized spacial score (nSPS) is 19.8. The van der Waals surface area contributed by atoms with Crippen molar-refractivity contribution >= 4 is 40.9 Å². The largest absolute Gasteiger partial charge is 0.343 e. The molecular weight excluding hydrogens is 392 g/mol. The number of anilines is 1. The van der Waals surface area contributed by atoms with Gasteiger partial charge in [-0.15, -0.1) is 11.8 Å². The number of halogens is 1. The zero-order chi connectivity index (χ0) is 19.5. The van der Waals surface area contributed by atoms with Gasteiger partial charge in [0.25, 0.3) is 0 Å². The third-order valence-corrected chi connectivity index (χ3v) is 6.97. The van der Waals surface area contributed by atoms with Gasteiger partial charge in [-0.1, -0.05) is 41.9 Å². The van der Waals surface area contributed by atoms with Gasteiger partial charge < -0.3 is 10.2 Å². The van der Waals surface area contributed by atoms with Crippen molar-refractivity contribution < 1.29 is 9.59 Å². The zero-order valence-electron chi connectivity index (χ0n) is 15.6. The monoisotopic (exact) mass is 414 g/mol. The maximum atomic E-state index is 12.8. The van der Waals surface area contributed by atoms with E-state index in [9.17, 15) is 9.59 Å². The summed E-state index contributed by atoms with van der Waals surface area (Å²) >= 11 is 7.44. The first kappa shape index (κ1) is 19.3. The summed E-state index contributed by atoms with van der Waals surface area (Å²) in [5.74, 6) is 0.575. The molecule has 28 heavy (non-hydrogen) atoms. The van der Waals surface area contributed by atoms with Crippen molar-refractivity contribution in [2.24, 2.45) is 5.92 Å². The number of fused-ring (bicyclic) bond motifs is 1. The summed E-state index contributed by atoms with van der Waals surface area (Å²) in [7, 11) is 0. The standard InChI is InChI=1S/C22H23ClN2O2S/c23-17-6-7-19-18(13-17)24-22(27)20(28-19)14-21(26)25-10-8-16(9-11-25)12-15-4-2-1-3-5-15/h1-7,13,16,20H,8-12,14H2,(H,24,27). The lowest BCUT2D eigenvalue weighted by atomic mass is 9.90. The van der Waals surface area contributed by atoms with Crippen LogP contribution < -0.4 is 5.32 Å². The molecular formula is C22H23ClN2O2S. The van der Waals surface area contributed by atoms with Gasteiger partial charge in [-0.25, -0.2) is 0 Å². The number of thioether (sulfide) groups is 1. The topological polar surface area (TPSA) is 49.4 Å². The first-order valence-electron chi connectivity index (χ1n) is 9.67. The van der Waals surface area contributed by atoms with Gasteiger partial charge in [0.1, 0.15) is 0 Å². The highest BCUT2D eigenvalue weighted by Crippen LogP contribution is 2.38. The summed E-state index contributed by atoms with van der Waals surface area (Å²) in [5, 5.41) is 3.08. The molecule has 2 heterocycles. The fourth-order valence-electron chi connectivity index (χ4n) is 3.88. The second kappa shape index (κ2) is 8.58. The van der Waals surface area contributed by atoms with Gasteiger partial charge in [0, 0.05) is 29.4 Å². The van der Waals surface area contributed by atoms with Crippen LogP contribution in [0.5, 0.6) is 0 Å². The number of carbonyl (C=O) groups is 2. The number of nitrogens with one attached hydrogen (secondary N) is 1. The summed E-state index contributed by atoms with van der Waals surface area (Å²) in [6.45, 7) is 1.56. The average molecular weight is 415 g/mol. The number of hydrogen-bond acceptors (Lipinski definition) is 3. The van der Waals surface area contributed by atoms with Gasteiger partial charge in [-0.05, 0) is 48.9 Å². The summed E-state index contributed by atoms with van der Waals surface area (Å²) < 4.78 is 0. The van der Waals surface area contributed by atoms with Gasteiger partial charge in [0.15, 0.2) is 0 Å². The number of benzene rings is 2. The van der Waals surface area contributed by atoms with E-state index in [1.807, 2.05) is 17.0 Å². The summed E-state index contributed by atoms with van der Waals surface area (Å²) in [6.07, 6.45) is 3.35. The molecule has 0 aliphatic carbocycles. The van der Waals surface area contributed by atoms with E-state index in [1.165, 1.54) is 17.3 Å². The Hall–Kier alpha value is -1.98. The van der Waals surface area contributed by atoms with E-state index in [0.29, 0.717) is 10.9 Å².